The van der Waals surface area contributed by atoms with Crippen molar-refractivity contribution in [3.8, 4) is 0 Å². The highest BCUT2D eigenvalue weighted by Gasteiger charge is 2.10. The summed E-state index contributed by atoms with van der Waals surface area (Å²) in [5.74, 6) is 6.84. The van der Waals surface area contributed by atoms with Crippen LogP contribution in [0.3, 0.4) is 0 Å². The second kappa shape index (κ2) is 5.01. The largest absolute Gasteiger partial charge is 0.463 e. The summed E-state index contributed by atoms with van der Waals surface area (Å²) < 4.78 is 10.4. The van der Waals surface area contributed by atoms with Gasteiger partial charge in [0.15, 0.2) is 0 Å². The zero-order valence-electron chi connectivity index (χ0n) is 7.95. The second-order valence-electron chi connectivity index (χ2n) is 2.97. The van der Waals surface area contributed by atoms with Crippen molar-refractivity contribution in [2.75, 3.05) is 13.7 Å². The molecule has 0 amide bonds. The van der Waals surface area contributed by atoms with Crippen LogP contribution in [0.1, 0.15) is 24.4 Å². The first-order valence-corrected chi connectivity index (χ1v) is 4.17. The fourth-order valence-corrected chi connectivity index (χ4v) is 1.11. The molecule has 74 valence electrons. The first-order chi connectivity index (χ1) is 6.27. The summed E-state index contributed by atoms with van der Waals surface area (Å²) in [6, 6.07) is 3.81. The summed E-state index contributed by atoms with van der Waals surface area (Å²) in [7, 11) is 1.63. The van der Waals surface area contributed by atoms with Gasteiger partial charge in [-0.15, -0.1) is 0 Å². The van der Waals surface area contributed by atoms with Crippen LogP contribution in [0.25, 0.3) is 0 Å². The monoisotopic (exact) mass is 185 g/mol. The Balaban J connectivity index is 2.56. The van der Waals surface area contributed by atoms with Gasteiger partial charge in [-0.1, -0.05) is 6.92 Å². The van der Waals surface area contributed by atoms with Crippen LogP contribution in [0, 0.1) is 0 Å². The summed E-state index contributed by atoms with van der Waals surface area (Å²) in [4.78, 5) is 4.54. The minimum Gasteiger partial charge on any atom is -0.463 e. The quantitative estimate of drug-likeness (QED) is 0.705. The predicted octanol–water partition coefficient (Wildman–Crippen LogP) is 1.42. The molecule has 0 saturated carbocycles. The van der Waals surface area contributed by atoms with Crippen LogP contribution in [0.2, 0.25) is 0 Å². The Morgan fingerprint density at radius 2 is 2.31 bits per heavy atom. The zero-order valence-corrected chi connectivity index (χ0v) is 7.95. The molecule has 0 aliphatic rings. The van der Waals surface area contributed by atoms with Gasteiger partial charge in [0.1, 0.15) is 18.1 Å². The molecular weight excluding hydrogens is 170 g/mol. The summed E-state index contributed by atoms with van der Waals surface area (Å²) in [5.41, 5.74) is 0. The van der Waals surface area contributed by atoms with Gasteiger partial charge in [0, 0.05) is 13.0 Å². The van der Waals surface area contributed by atoms with Crippen LogP contribution in [0.4, 0.5) is 0 Å². The Kier molecular flexibility index (Phi) is 3.95. The molecule has 4 nitrogen and oxygen atoms in total. The van der Waals surface area contributed by atoms with Gasteiger partial charge in [0.25, 0.3) is 0 Å². The Labute approximate surface area is 77.6 Å². The van der Waals surface area contributed by atoms with E-state index >= 15 is 0 Å². The number of methoxy groups -OCH3 is 1. The van der Waals surface area contributed by atoms with Crippen LogP contribution >= 0.6 is 0 Å². The number of ether oxygens (including phenoxy) is 1. The smallest absolute Gasteiger partial charge is 0.129 e. The maximum absolute atomic E-state index is 5.48. The van der Waals surface area contributed by atoms with Crippen LogP contribution in [0.5, 0.6) is 0 Å². The topological polar surface area (TPSA) is 57.6 Å². The highest BCUT2D eigenvalue weighted by atomic mass is 16.6. The zero-order chi connectivity index (χ0) is 9.68. The Morgan fingerprint density at radius 1 is 1.54 bits per heavy atom. The molecule has 0 fully saturated rings. The van der Waals surface area contributed by atoms with E-state index in [1.54, 1.807) is 7.11 Å². The second-order valence-corrected chi connectivity index (χ2v) is 2.97. The van der Waals surface area contributed by atoms with Gasteiger partial charge in [-0.05, 0) is 12.1 Å². The van der Waals surface area contributed by atoms with Crippen molar-refractivity contribution in [3.05, 3.63) is 23.7 Å². The number of nitrogens with two attached hydrogens (primary N) is 1. The fourth-order valence-electron chi connectivity index (χ4n) is 1.11. The van der Waals surface area contributed by atoms with Crippen molar-refractivity contribution in [1.29, 1.82) is 0 Å². The maximum atomic E-state index is 5.48. The van der Waals surface area contributed by atoms with Gasteiger partial charge in [-0.2, -0.15) is 0 Å². The molecule has 0 radical (unpaired) electrons. The summed E-state index contributed by atoms with van der Waals surface area (Å²) in [5, 5.41) is 0. The third-order valence-electron chi connectivity index (χ3n) is 1.80. The lowest BCUT2D eigenvalue weighted by atomic mass is 10.1. The molecule has 1 rings (SSSR count). The number of hydrogen-bond acceptors (Lipinski definition) is 4. The molecule has 0 spiro atoms. The van der Waals surface area contributed by atoms with E-state index < -0.39 is 0 Å². The minimum absolute atomic E-state index is 0.176. The van der Waals surface area contributed by atoms with E-state index in [9.17, 15) is 0 Å². The Morgan fingerprint density at radius 3 is 2.92 bits per heavy atom. The summed E-state index contributed by atoms with van der Waals surface area (Å²) >= 11 is 0. The standard InChI is InChI=1S/C9H15NO3/c1-7(5-12-10)9-4-3-8(13-9)6-11-2/h3-4,7H,5-6,10H2,1-2H3. The van der Waals surface area contributed by atoms with Crippen LogP contribution in [-0.2, 0) is 16.2 Å². The van der Waals surface area contributed by atoms with E-state index in [1.165, 1.54) is 0 Å². The lowest BCUT2D eigenvalue weighted by Crippen LogP contribution is -2.07. The average Bonchev–Trinajstić information content (AvgIpc) is 2.54. The molecule has 2 N–H and O–H groups in total. The maximum Gasteiger partial charge on any atom is 0.129 e. The van der Waals surface area contributed by atoms with Crippen LogP contribution < -0.4 is 5.90 Å². The molecule has 4 heteroatoms. The van der Waals surface area contributed by atoms with E-state index in [2.05, 4.69) is 4.84 Å². The summed E-state index contributed by atoms with van der Waals surface area (Å²) in [6.45, 7) is 2.94. The highest BCUT2D eigenvalue weighted by molar-refractivity contribution is 5.10. The van der Waals surface area contributed by atoms with Crippen molar-refractivity contribution in [3.63, 3.8) is 0 Å². The Hall–Kier alpha value is -0.840. The third-order valence-corrected chi connectivity index (χ3v) is 1.80. The molecule has 13 heavy (non-hydrogen) atoms. The molecule has 0 aliphatic carbocycles. The normalized spacial score (nSPS) is 13.2. The molecule has 0 saturated heterocycles. The van der Waals surface area contributed by atoms with Crippen molar-refractivity contribution >= 4 is 0 Å². The van der Waals surface area contributed by atoms with Gasteiger partial charge in [-0.25, -0.2) is 5.90 Å². The van der Waals surface area contributed by atoms with Crippen molar-refractivity contribution < 1.29 is 14.0 Å². The van der Waals surface area contributed by atoms with Gasteiger partial charge in [0.05, 0.1) is 6.61 Å². The lowest BCUT2D eigenvalue weighted by Gasteiger charge is -2.05. The van der Waals surface area contributed by atoms with Gasteiger partial charge in [0.2, 0.25) is 0 Å². The SMILES string of the molecule is COCc1ccc(C(C)CON)o1. The predicted molar refractivity (Wildman–Crippen MR) is 48.0 cm³/mol. The molecule has 1 heterocycles. The molecule has 1 atom stereocenters. The summed E-state index contributed by atoms with van der Waals surface area (Å²) in [6.07, 6.45) is 0. The number of hydrogen-bond donors (Lipinski definition) is 1. The van der Waals surface area contributed by atoms with E-state index in [4.69, 9.17) is 15.1 Å². The van der Waals surface area contributed by atoms with Gasteiger partial charge in [-0.3, -0.25) is 0 Å². The van der Waals surface area contributed by atoms with Gasteiger partial charge < -0.3 is 14.0 Å². The highest BCUT2D eigenvalue weighted by Crippen LogP contribution is 2.18. The molecule has 1 aromatic heterocycles. The molecular formula is C9H15NO3. The van der Waals surface area contributed by atoms with E-state index in [0.29, 0.717) is 13.2 Å². The van der Waals surface area contributed by atoms with E-state index in [1.807, 2.05) is 19.1 Å². The first kappa shape index (κ1) is 10.2. The molecule has 1 aromatic rings. The lowest BCUT2D eigenvalue weighted by molar-refractivity contribution is 0.118. The fraction of sp³-hybridized carbons (Fsp3) is 0.556. The van der Waals surface area contributed by atoms with Gasteiger partial charge >= 0.3 is 0 Å². The number of rotatable bonds is 5. The first-order valence-electron chi connectivity index (χ1n) is 4.17. The number of furan rings is 1. The van der Waals surface area contributed by atoms with Crippen molar-refractivity contribution in [2.45, 2.75) is 19.4 Å². The van der Waals surface area contributed by atoms with Crippen LogP contribution in [0.15, 0.2) is 16.5 Å². The molecule has 0 aliphatic heterocycles. The van der Waals surface area contributed by atoms with Crippen LogP contribution in [-0.4, -0.2) is 13.7 Å². The van der Waals surface area contributed by atoms with E-state index in [-0.39, 0.29) is 5.92 Å². The molecule has 1 unspecified atom stereocenters. The van der Waals surface area contributed by atoms with E-state index in [0.717, 1.165) is 11.5 Å². The third kappa shape index (κ3) is 2.84. The average molecular weight is 185 g/mol. The molecule has 0 aromatic carbocycles. The Bertz CT molecular complexity index is 247. The molecule has 0 bridgehead atoms. The minimum atomic E-state index is 0.176. The van der Waals surface area contributed by atoms with Crippen molar-refractivity contribution in [1.82, 2.24) is 0 Å². The van der Waals surface area contributed by atoms with Crippen molar-refractivity contribution in [2.24, 2.45) is 5.90 Å².